The van der Waals surface area contributed by atoms with Crippen molar-refractivity contribution in [2.24, 2.45) is 0 Å². The number of nitrogens with zero attached hydrogens (tertiary/aromatic N) is 1. The Morgan fingerprint density at radius 1 is 1.09 bits per heavy atom. The lowest BCUT2D eigenvalue weighted by molar-refractivity contribution is 0.101. The van der Waals surface area contributed by atoms with Crippen molar-refractivity contribution in [3.05, 3.63) is 70.4 Å². The maximum atomic E-state index is 12.3. The maximum absolute atomic E-state index is 12.3. The molecule has 0 spiro atoms. The van der Waals surface area contributed by atoms with E-state index in [0.29, 0.717) is 10.8 Å². The van der Waals surface area contributed by atoms with Gasteiger partial charge in [-0.25, -0.2) is 0 Å². The topological polar surface area (TPSA) is 55.1 Å². The third-order valence-electron chi connectivity index (χ3n) is 3.50. The van der Waals surface area contributed by atoms with Gasteiger partial charge in [0.05, 0.1) is 0 Å². The van der Waals surface area contributed by atoms with Gasteiger partial charge in [0.25, 0.3) is 5.91 Å². The second kappa shape index (κ2) is 6.26. The van der Waals surface area contributed by atoms with Gasteiger partial charge in [0.2, 0.25) is 0 Å². The van der Waals surface area contributed by atoms with Crippen molar-refractivity contribution >= 4 is 23.2 Å². The van der Waals surface area contributed by atoms with Gasteiger partial charge in [-0.1, -0.05) is 34.5 Å². The lowest BCUT2D eigenvalue weighted by atomic mass is 10.1. The average Bonchev–Trinajstić information content (AvgIpc) is 3.01. The van der Waals surface area contributed by atoms with Crippen LogP contribution in [0.4, 0.5) is 5.69 Å². The van der Waals surface area contributed by atoms with Crippen molar-refractivity contribution in [1.29, 1.82) is 0 Å². The van der Waals surface area contributed by atoms with E-state index >= 15 is 0 Å². The van der Waals surface area contributed by atoms with Crippen molar-refractivity contribution in [2.45, 2.75) is 13.8 Å². The number of aromatic nitrogens is 1. The van der Waals surface area contributed by atoms with Gasteiger partial charge < -0.3 is 9.84 Å². The molecule has 1 N–H and O–H groups in total. The van der Waals surface area contributed by atoms with Crippen LogP contribution < -0.4 is 5.32 Å². The smallest absolute Gasteiger partial charge is 0.277 e. The second-order valence-electron chi connectivity index (χ2n) is 5.36. The molecule has 0 aliphatic rings. The van der Waals surface area contributed by atoms with Crippen LogP contribution in [-0.2, 0) is 0 Å². The molecular formula is C18H15ClN2O2. The summed E-state index contributed by atoms with van der Waals surface area (Å²) in [6.45, 7) is 3.96. The SMILES string of the molecule is Cc1ccc(NC(=O)c2cc(-c3ccc(Cl)cc3)on2)c(C)c1. The van der Waals surface area contributed by atoms with Crippen LogP contribution in [0, 0.1) is 13.8 Å². The largest absolute Gasteiger partial charge is 0.355 e. The highest BCUT2D eigenvalue weighted by molar-refractivity contribution is 6.30. The molecule has 1 aromatic heterocycles. The Balaban J connectivity index is 1.79. The number of anilines is 1. The van der Waals surface area contributed by atoms with E-state index < -0.39 is 0 Å². The predicted octanol–water partition coefficient (Wildman–Crippen LogP) is 4.86. The molecule has 0 saturated carbocycles. The zero-order valence-corrected chi connectivity index (χ0v) is 13.5. The molecule has 23 heavy (non-hydrogen) atoms. The van der Waals surface area contributed by atoms with Gasteiger partial charge in [0.15, 0.2) is 11.5 Å². The molecule has 2 aromatic carbocycles. The van der Waals surface area contributed by atoms with Gasteiger partial charge in [0.1, 0.15) is 0 Å². The summed E-state index contributed by atoms with van der Waals surface area (Å²) < 4.78 is 5.24. The number of amides is 1. The predicted molar refractivity (Wildman–Crippen MR) is 90.8 cm³/mol. The molecule has 1 heterocycles. The summed E-state index contributed by atoms with van der Waals surface area (Å²) >= 11 is 5.86. The highest BCUT2D eigenvalue weighted by Crippen LogP contribution is 2.23. The molecule has 0 aliphatic carbocycles. The monoisotopic (exact) mass is 326 g/mol. The van der Waals surface area contributed by atoms with Gasteiger partial charge in [-0.2, -0.15) is 0 Å². The fraction of sp³-hybridized carbons (Fsp3) is 0.111. The third-order valence-corrected chi connectivity index (χ3v) is 3.75. The molecule has 0 radical (unpaired) electrons. The molecule has 5 heteroatoms. The van der Waals surface area contributed by atoms with E-state index in [1.54, 1.807) is 18.2 Å². The van der Waals surface area contributed by atoms with Gasteiger partial charge in [-0.15, -0.1) is 0 Å². The second-order valence-corrected chi connectivity index (χ2v) is 5.79. The first-order valence-corrected chi connectivity index (χ1v) is 7.52. The van der Waals surface area contributed by atoms with E-state index in [-0.39, 0.29) is 11.6 Å². The standard InChI is InChI=1S/C18H15ClN2O2/c1-11-3-8-15(12(2)9-11)20-18(22)16-10-17(23-21-16)13-4-6-14(19)7-5-13/h3-10H,1-2H3,(H,20,22). The molecule has 3 aromatic rings. The summed E-state index contributed by atoms with van der Waals surface area (Å²) in [6.07, 6.45) is 0. The maximum Gasteiger partial charge on any atom is 0.277 e. The van der Waals surface area contributed by atoms with Crippen LogP contribution in [0.2, 0.25) is 5.02 Å². The molecule has 0 fully saturated rings. The molecule has 4 nitrogen and oxygen atoms in total. The Bertz CT molecular complexity index is 854. The summed E-state index contributed by atoms with van der Waals surface area (Å²) in [6, 6.07) is 14.6. The molecule has 1 amide bonds. The zero-order valence-electron chi connectivity index (χ0n) is 12.8. The molecule has 116 valence electrons. The number of carbonyl (C=O) groups is 1. The van der Waals surface area contributed by atoms with Crippen LogP contribution in [0.25, 0.3) is 11.3 Å². The highest BCUT2D eigenvalue weighted by atomic mass is 35.5. The Labute approximate surface area is 139 Å². The molecule has 0 atom stereocenters. The Kier molecular flexibility index (Phi) is 4.17. The first-order chi connectivity index (χ1) is 11.0. The van der Waals surface area contributed by atoms with Crippen molar-refractivity contribution in [3.63, 3.8) is 0 Å². The zero-order chi connectivity index (χ0) is 16.4. The minimum Gasteiger partial charge on any atom is -0.355 e. The molecule has 0 aliphatic heterocycles. The first-order valence-electron chi connectivity index (χ1n) is 7.14. The quantitative estimate of drug-likeness (QED) is 0.747. The van der Waals surface area contributed by atoms with Gasteiger partial charge in [-0.05, 0) is 49.7 Å². The lowest BCUT2D eigenvalue weighted by Gasteiger charge is -2.07. The number of carbonyl (C=O) groups excluding carboxylic acids is 1. The van der Waals surface area contributed by atoms with E-state index in [0.717, 1.165) is 22.4 Å². The van der Waals surface area contributed by atoms with Crippen LogP contribution in [0.15, 0.2) is 53.1 Å². The van der Waals surface area contributed by atoms with E-state index in [1.165, 1.54) is 0 Å². The summed E-state index contributed by atoms with van der Waals surface area (Å²) in [5.74, 6) is 0.216. The molecule has 0 bridgehead atoms. The number of hydrogen-bond acceptors (Lipinski definition) is 3. The highest BCUT2D eigenvalue weighted by Gasteiger charge is 2.14. The summed E-state index contributed by atoms with van der Waals surface area (Å²) in [4.78, 5) is 12.3. The van der Waals surface area contributed by atoms with E-state index in [4.69, 9.17) is 16.1 Å². The number of aryl methyl sites for hydroxylation is 2. The van der Waals surface area contributed by atoms with Gasteiger partial charge in [-0.3, -0.25) is 4.79 Å². The minimum absolute atomic E-state index is 0.231. The van der Waals surface area contributed by atoms with E-state index in [9.17, 15) is 4.79 Å². The summed E-state index contributed by atoms with van der Waals surface area (Å²) in [5, 5.41) is 7.32. The van der Waals surface area contributed by atoms with Crippen LogP contribution in [0.5, 0.6) is 0 Å². The van der Waals surface area contributed by atoms with Crippen molar-refractivity contribution in [2.75, 3.05) is 5.32 Å². The average molecular weight is 327 g/mol. The Morgan fingerprint density at radius 2 is 1.83 bits per heavy atom. The number of benzene rings is 2. The molecule has 0 unspecified atom stereocenters. The summed E-state index contributed by atoms with van der Waals surface area (Å²) in [7, 11) is 0. The van der Waals surface area contributed by atoms with Gasteiger partial charge in [0, 0.05) is 22.3 Å². The van der Waals surface area contributed by atoms with Crippen molar-refractivity contribution < 1.29 is 9.32 Å². The number of nitrogens with one attached hydrogen (secondary N) is 1. The Morgan fingerprint density at radius 3 is 2.52 bits per heavy atom. The number of halogens is 1. The van der Waals surface area contributed by atoms with Gasteiger partial charge >= 0.3 is 0 Å². The van der Waals surface area contributed by atoms with Crippen LogP contribution in [-0.4, -0.2) is 11.1 Å². The fourth-order valence-corrected chi connectivity index (χ4v) is 2.40. The number of rotatable bonds is 3. The van der Waals surface area contributed by atoms with Crippen LogP contribution in [0.1, 0.15) is 21.6 Å². The molecule has 0 saturated heterocycles. The van der Waals surface area contributed by atoms with Crippen LogP contribution in [0.3, 0.4) is 0 Å². The summed E-state index contributed by atoms with van der Waals surface area (Å²) in [5.41, 5.74) is 3.95. The fourth-order valence-electron chi connectivity index (χ4n) is 2.27. The molecular weight excluding hydrogens is 312 g/mol. The third kappa shape index (κ3) is 3.43. The number of hydrogen-bond donors (Lipinski definition) is 1. The minimum atomic E-state index is -0.305. The van der Waals surface area contributed by atoms with Crippen molar-refractivity contribution in [1.82, 2.24) is 5.16 Å². The van der Waals surface area contributed by atoms with Crippen LogP contribution >= 0.6 is 11.6 Å². The normalized spacial score (nSPS) is 10.6. The molecule has 3 rings (SSSR count). The van der Waals surface area contributed by atoms with E-state index in [1.807, 2.05) is 44.2 Å². The first kappa shape index (κ1) is 15.3. The lowest BCUT2D eigenvalue weighted by Crippen LogP contribution is -2.13. The van der Waals surface area contributed by atoms with E-state index in [2.05, 4.69) is 10.5 Å². The van der Waals surface area contributed by atoms with Crippen molar-refractivity contribution in [3.8, 4) is 11.3 Å². The Hall–Kier alpha value is -2.59.